The van der Waals surface area contributed by atoms with Gasteiger partial charge < -0.3 is 15.4 Å². The molecule has 112 valence electrons. The average molecular weight is 297 g/mol. The van der Waals surface area contributed by atoms with Gasteiger partial charge in [0, 0.05) is 37.0 Å². The summed E-state index contributed by atoms with van der Waals surface area (Å²) in [5, 5.41) is 0.825. The van der Waals surface area contributed by atoms with Crippen molar-refractivity contribution in [2.24, 2.45) is 5.73 Å². The van der Waals surface area contributed by atoms with Gasteiger partial charge in [-0.05, 0) is 43.4 Å². The van der Waals surface area contributed by atoms with Crippen LogP contribution in [0.25, 0.3) is 0 Å². The summed E-state index contributed by atoms with van der Waals surface area (Å²) in [6.07, 6.45) is 4.45. The minimum atomic E-state index is 0.186. The third kappa shape index (κ3) is 3.87. The van der Waals surface area contributed by atoms with Crippen molar-refractivity contribution in [3.8, 4) is 0 Å². The second-order valence-electron chi connectivity index (χ2n) is 5.59. The Morgan fingerprint density at radius 3 is 2.95 bits per heavy atom. The number of nitrogens with two attached hydrogens (primary N) is 1. The number of ether oxygens (including phenoxy) is 1. The SMILES string of the molecule is CCC(N)Cc1ccc(N2CCCC(OC)C2)cc1Cl. The van der Waals surface area contributed by atoms with Crippen molar-refractivity contribution in [3.63, 3.8) is 0 Å². The molecule has 0 aliphatic carbocycles. The molecule has 4 heteroatoms. The summed E-state index contributed by atoms with van der Waals surface area (Å²) in [7, 11) is 1.79. The molecule has 1 heterocycles. The Bertz CT molecular complexity index is 438. The summed E-state index contributed by atoms with van der Waals surface area (Å²) in [6.45, 7) is 4.12. The highest BCUT2D eigenvalue weighted by Crippen LogP contribution is 2.27. The number of hydrogen-bond donors (Lipinski definition) is 1. The van der Waals surface area contributed by atoms with Crippen LogP contribution in [0.2, 0.25) is 5.02 Å². The standard InChI is InChI=1S/C16H25ClN2O/c1-3-13(18)9-12-6-7-14(10-16(12)17)19-8-4-5-15(11-19)20-2/h6-7,10,13,15H,3-5,8-9,11,18H2,1-2H3. The second kappa shape index (κ2) is 7.30. The van der Waals surface area contributed by atoms with Crippen molar-refractivity contribution in [3.05, 3.63) is 28.8 Å². The first-order valence-corrected chi connectivity index (χ1v) is 7.83. The first-order chi connectivity index (χ1) is 9.63. The minimum absolute atomic E-state index is 0.186. The Labute approximate surface area is 127 Å². The summed E-state index contributed by atoms with van der Waals surface area (Å²) in [5.74, 6) is 0. The van der Waals surface area contributed by atoms with Crippen LogP contribution in [0.4, 0.5) is 5.69 Å². The molecule has 0 amide bonds. The Balaban J connectivity index is 2.08. The summed E-state index contributed by atoms with van der Waals surface area (Å²) < 4.78 is 5.47. The fourth-order valence-corrected chi connectivity index (χ4v) is 2.94. The number of nitrogens with zero attached hydrogens (tertiary/aromatic N) is 1. The van der Waals surface area contributed by atoms with E-state index in [9.17, 15) is 0 Å². The van der Waals surface area contributed by atoms with E-state index in [4.69, 9.17) is 22.1 Å². The molecule has 0 spiro atoms. The maximum Gasteiger partial charge on any atom is 0.0746 e. The lowest BCUT2D eigenvalue weighted by Gasteiger charge is -2.34. The molecule has 1 aromatic carbocycles. The topological polar surface area (TPSA) is 38.5 Å². The van der Waals surface area contributed by atoms with E-state index in [1.54, 1.807) is 7.11 Å². The van der Waals surface area contributed by atoms with Crippen molar-refractivity contribution in [1.29, 1.82) is 0 Å². The van der Waals surface area contributed by atoms with E-state index in [1.807, 2.05) is 0 Å². The van der Waals surface area contributed by atoms with Crippen molar-refractivity contribution < 1.29 is 4.74 Å². The summed E-state index contributed by atoms with van der Waals surface area (Å²) in [4.78, 5) is 2.35. The molecule has 1 fully saturated rings. The molecule has 1 aromatic rings. The molecule has 0 saturated carbocycles. The molecule has 2 atom stereocenters. The Kier molecular flexibility index (Phi) is 5.70. The molecule has 0 aromatic heterocycles. The molecule has 1 saturated heterocycles. The van der Waals surface area contributed by atoms with E-state index in [0.29, 0.717) is 6.10 Å². The van der Waals surface area contributed by atoms with Crippen molar-refractivity contribution in [2.45, 2.75) is 44.8 Å². The van der Waals surface area contributed by atoms with Gasteiger partial charge in [-0.1, -0.05) is 24.6 Å². The van der Waals surface area contributed by atoms with Gasteiger partial charge in [0.05, 0.1) is 6.10 Å². The van der Waals surface area contributed by atoms with E-state index >= 15 is 0 Å². The molecule has 2 rings (SSSR count). The Morgan fingerprint density at radius 1 is 1.50 bits per heavy atom. The van der Waals surface area contributed by atoms with Crippen molar-refractivity contribution in [2.75, 3.05) is 25.1 Å². The van der Waals surface area contributed by atoms with Crippen LogP contribution in [-0.2, 0) is 11.2 Å². The molecule has 2 N–H and O–H groups in total. The van der Waals surface area contributed by atoms with Crippen LogP contribution in [0.5, 0.6) is 0 Å². The number of halogens is 1. The number of rotatable bonds is 5. The molecule has 3 nitrogen and oxygen atoms in total. The fraction of sp³-hybridized carbons (Fsp3) is 0.625. The third-order valence-corrected chi connectivity index (χ3v) is 4.47. The highest BCUT2D eigenvalue weighted by Gasteiger charge is 2.20. The lowest BCUT2D eigenvalue weighted by molar-refractivity contribution is 0.0893. The average Bonchev–Trinajstić information content (AvgIpc) is 2.49. The maximum absolute atomic E-state index is 6.41. The minimum Gasteiger partial charge on any atom is -0.380 e. The monoisotopic (exact) mass is 296 g/mol. The van der Waals surface area contributed by atoms with Crippen LogP contribution in [0.1, 0.15) is 31.7 Å². The van der Waals surface area contributed by atoms with E-state index in [1.165, 1.54) is 12.1 Å². The van der Waals surface area contributed by atoms with Gasteiger partial charge in [-0.15, -0.1) is 0 Å². The number of methoxy groups -OCH3 is 1. The zero-order chi connectivity index (χ0) is 14.5. The fourth-order valence-electron chi connectivity index (χ4n) is 2.69. The first kappa shape index (κ1) is 15.6. The summed E-state index contributed by atoms with van der Waals surface area (Å²) in [6, 6.07) is 6.52. The Morgan fingerprint density at radius 2 is 2.30 bits per heavy atom. The molecule has 20 heavy (non-hydrogen) atoms. The van der Waals surface area contributed by atoms with Crippen LogP contribution >= 0.6 is 11.6 Å². The molecule has 2 unspecified atom stereocenters. The van der Waals surface area contributed by atoms with Gasteiger partial charge in [-0.2, -0.15) is 0 Å². The van der Waals surface area contributed by atoms with Gasteiger partial charge in [0.2, 0.25) is 0 Å². The van der Waals surface area contributed by atoms with Crippen molar-refractivity contribution in [1.82, 2.24) is 0 Å². The van der Waals surface area contributed by atoms with Crippen LogP contribution in [0.15, 0.2) is 18.2 Å². The van der Waals surface area contributed by atoms with E-state index in [0.717, 1.165) is 42.9 Å². The van der Waals surface area contributed by atoms with Gasteiger partial charge in [0.15, 0.2) is 0 Å². The van der Waals surface area contributed by atoms with Gasteiger partial charge in [0.25, 0.3) is 0 Å². The summed E-state index contributed by atoms with van der Waals surface area (Å²) in [5.41, 5.74) is 8.33. The van der Waals surface area contributed by atoms with Crippen LogP contribution in [-0.4, -0.2) is 32.3 Å². The molecular formula is C16H25ClN2O. The quantitative estimate of drug-likeness (QED) is 0.906. The van der Waals surface area contributed by atoms with Gasteiger partial charge in [0.1, 0.15) is 0 Å². The zero-order valence-electron chi connectivity index (χ0n) is 12.4. The third-order valence-electron chi connectivity index (χ3n) is 4.12. The lowest BCUT2D eigenvalue weighted by atomic mass is 10.0. The predicted molar refractivity (Wildman–Crippen MR) is 85.7 cm³/mol. The lowest BCUT2D eigenvalue weighted by Crippen LogP contribution is -2.39. The van der Waals surface area contributed by atoms with Gasteiger partial charge in [-0.25, -0.2) is 0 Å². The van der Waals surface area contributed by atoms with E-state index in [-0.39, 0.29) is 6.04 Å². The zero-order valence-corrected chi connectivity index (χ0v) is 13.2. The van der Waals surface area contributed by atoms with Crippen LogP contribution in [0, 0.1) is 0 Å². The normalized spacial score (nSPS) is 21.0. The van der Waals surface area contributed by atoms with Crippen LogP contribution in [0.3, 0.4) is 0 Å². The van der Waals surface area contributed by atoms with Crippen LogP contribution < -0.4 is 10.6 Å². The molecule has 1 aliphatic heterocycles. The van der Waals surface area contributed by atoms with E-state index < -0.39 is 0 Å². The van der Waals surface area contributed by atoms with Gasteiger partial charge >= 0.3 is 0 Å². The molecule has 0 radical (unpaired) electrons. The van der Waals surface area contributed by atoms with E-state index in [2.05, 4.69) is 30.0 Å². The number of hydrogen-bond acceptors (Lipinski definition) is 3. The molecular weight excluding hydrogens is 272 g/mol. The first-order valence-electron chi connectivity index (χ1n) is 7.45. The second-order valence-corrected chi connectivity index (χ2v) is 6.00. The number of piperidine rings is 1. The Hall–Kier alpha value is -0.770. The highest BCUT2D eigenvalue weighted by atomic mass is 35.5. The number of anilines is 1. The highest BCUT2D eigenvalue weighted by molar-refractivity contribution is 6.31. The molecule has 1 aliphatic rings. The maximum atomic E-state index is 6.41. The smallest absolute Gasteiger partial charge is 0.0746 e. The largest absolute Gasteiger partial charge is 0.380 e. The van der Waals surface area contributed by atoms with Gasteiger partial charge in [-0.3, -0.25) is 0 Å². The predicted octanol–water partition coefficient (Wildman–Crippen LogP) is 3.24. The molecule has 0 bridgehead atoms. The summed E-state index contributed by atoms with van der Waals surface area (Å²) >= 11 is 6.41. The van der Waals surface area contributed by atoms with Crippen molar-refractivity contribution >= 4 is 17.3 Å². The number of benzene rings is 1.